The first-order chi connectivity index (χ1) is 14.1. The quantitative estimate of drug-likeness (QED) is 0.680. The van der Waals surface area contributed by atoms with E-state index < -0.39 is 12.1 Å². The van der Waals surface area contributed by atoms with E-state index in [0.29, 0.717) is 30.1 Å². The van der Waals surface area contributed by atoms with Crippen molar-refractivity contribution in [3.05, 3.63) is 42.0 Å². The number of carboxylic acid groups (broad SMARTS) is 1. The predicted octanol–water partition coefficient (Wildman–Crippen LogP) is 2.07. The van der Waals surface area contributed by atoms with E-state index in [4.69, 9.17) is 9.90 Å². The summed E-state index contributed by atoms with van der Waals surface area (Å²) in [6, 6.07) is 11.1. The second-order valence-electron chi connectivity index (χ2n) is 7.28. The molecule has 2 aromatic rings. The molecule has 0 bridgehead atoms. The SMILES string of the molecule is O=C(O)C(F)(F)F.O=C(c1ccc(O)c2ccccc12)N1CC(N2CC[C@@H](O)C2)C1. The van der Waals surface area contributed by atoms with Crippen molar-refractivity contribution in [3.8, 4) is 5.75 Å². The van der Waals surface area contributed by atoms with Gasteiger partial charge in [-0.1, -0.05) is 24.3 Å². The van der Waals surface area contributed by atoms with Gasteiger partial charge in [0, 0.05) is 43.2 Å². The van der Waals surface area contributed by atoms with Crippen LogP contribution in [0.1, 0.15) is 16.8 Å². The lowest BCUT2D eigenvalue weighted by molar-refractivity contribution is -0.192. The van der Waals surface area contributed by atoms with Gasteiger partial charge < -0.3 is 20.2 Å². The Bertz CT molecular complexity index is 944. The number of nitrogens with zero attached hydrogens (tertiary/aromatic N) is 2. The number of hydrogen-bond donors (Lipinski definition) is 3. The molecule has 0 saturated carbocycles. The van der Waals surface area contributed by atoms with Crippen molar-refractivity contribution in [2.75, 3.05) is 26.2 Å². The van der Waals surface area contributed by atoms with Crippen LogP contribution >= 0.6 is 0 Å². The lowest BCUT2D eigenvalue weighted by atomic mass is 10.00. The largest absolute Gasteiger partial charge is 0.507 e. The third-order valence-electron chi connectivity index (χ3n) is 5.23. The molecule has 0 unspecified atom stereocenters. The lowest BCUT2D eigenvalue weighted by Gasteiger charge is -2.44. The molecule has 2 fully saturated rings. The maximum Gasteiger partial charge on any atom is 0.490 e. The molecule has 30 heavy (non-hydrogen) atoms. The number of halogens is 3. The predicted molar refractivity (Wildman–Crippen MR) is 101 cm³/mol. The fourth-order valence-corrected chi connectivity index (χ4v) is 3.59. The highest BCUT2D eigenvalue weighted by Gasteiger charge is 2.39. The highest BCUT2D eigenvalue weighted by Crippen LogP contribution is 2.30. The number of alkyl halides is 3. The van der Waals surface area contributed by atoms with Crippen LogP contribution < -0.4 is 0 Å². The minimum absolute atomic E-state index is 0.0113. The van der Waals surface area contributed by atoms with Crippen LogP contribution in [0.2, 0.25) is 0 Å². The van der Waals surface area contributed by atoms with E-state index in [1.165, 1.54) is 0 Å². The zero-order chi connectivity index (χ0) is 22.1. The van der Waals surface area contributed by atoms with Gasteiger partial charge in [0.1, 0.15) is 5.75 Å². The Kier molecular flexibility index (Phi) is 6.18. The summed E-state index contributed by atoms with van der Waals surface area (Å²) in [5, 5.41) is 28.2. The molecule has 2 heterocycles. The number of benzene rings is 2. The van der Waals surface area contributed by atoms with Gasteiger partial charge in [0.15, 0.2) is 0 Å². The number of aliphatic carboxylic acids is 1. The fraction of sp³-hybridized carbons (Fsp3) is 0.400. The smallest absolute Gasteiger partial charge is 0.490 e. The summed E-state index contributed by atoms with van der Waals surface area (Å²) in [6.45, 7) is 3.05. The minimum Gasteiger partial charge on any atom is -0.507 e. The molecule has 162 valence electrons. The van der Waals surface area contributed by atoms with Crippen molar-refractivity contribution in [3.63, 3.8) is 0 Å². The number of β-amino-alcohol motifs (C(OH)–C–C–N with tert-alkyl or cyclic N) is 1. The highest BCUT2D eigenvalue weighted by atomic mass is 19.4. The first-order valence-electron chi connectivity index (χ1n) is 9.30. The molecule has 0 spiro atoms. The van der Waals surface area contributed by atoms with E-state index in [2.05, 4.69) is 4.90 Å². The van der Waals surface area contributed by atoms with Crippen LogP contribution in [0.4, 0.5) is 13.2 Å². The number of aliphatic hydroxyl groups excluding tert-OH is 1. The molecule has 1 amide bonds. The topological polar surface area (TPSA) is 101 Å². The van der Waals surface area contributed by atoms with Crippen molar-refractivity contribution in [2.45, 2.75) is 24.7 Å². The molecule has 10 heteroatoms. The second kappa shape index (κ2) is 8.49. The molecule has 2 saturated heterocycles. The van der Waals surface area contributed by atoms with Gasteiger partial charge in [-0.05, 0) is 23.9 Å². The number of hydrogen-bond acceptors (Lipinski definition) is 5. The maximum atomic E-state index is 12.8. The van der Waals surface area contributed by atoms with Crippen molar-refractivity contribution < 1.29 is 38.1 Å². The number of fused-ring (bicyclic) bond motifs is 1. The molecular formula is C20H21F3N2O5. The standard InChI is InChI=1S/C18H20N2O3.C2HF3O2/c21-13-7-8-19(11-13)12-9-20(10-12)18(23)16-5-6-17(22)15-4-2-1-3-14(15)16;3-2(4,5)1(6)7/h1-6,12-13,21-22H,7-11H2;(H,6,7)/t13-;/m1./s1. The summed E-state index contributed by atoms with van der Waals surface area (Å²) < 4.78 is 31.7. The van der Waals surface area contributed by atoms with Gasteiger partial charge in [-0.2, -0.15) is 13.2 Å². The van der Waals surface area contributed by atoms with Crippen molar-refractivity contribution >= 4 is 22.6 Å². The summed E-state index contributed by atoms with van der Waals surface area (Å²) in [6.07, 6.45) is -4.48. The number of aliphatic hydroxyl groups is 1. The van der Waals surface area contributed by atoms with Gasteiger partial charge in [-0.3, -0.25) is 9.69 Å². The summed E-state index contributed by atoms with van der Waals surface area (Å²) in [5.74, 6) is -2.55. The van der Waals surface area contributed by atoms with Crippen LogP contribution in [0.25, 0.3) is 10.8 Å². The normalized spacial score (nSPS) is 19.9. The number of carbonyl (C=O) groups excluding carboxylic acids is 1. The molecule has 1 atom stereocenters. The number of amides is 1. The van der Waals surface area contributed by atoms with E-state index in [1.54, 1.807) is 12.1 Å². The number of phenols is 1. The second-order valence-corrected chi connectivity index (χ2v) is 7.28. The summed E-state index contributed by atoms with van der Waals surface area (Å²) in [7, 11) is 0. The van der Waals surface area contributed by atoms with Crippen LogP contribution in [0.3, 0.4) is 0 Å². The fourth-order valence-electron chi connectivity index (χ4n) is 3.59. The summed E-state index contributed by atoms with van der Waals surface area (Å²) in [4.78, 5) is 25.8. The molecule has 2 aromatic carbocycles. The Labute approximate surface area is 169 Å². The first kappa shape index (κ1) is 21.8. The van der Waals surface area contributed by atoms with E-state index in [1.807, 2.05) is 29.2 Å². The zero-order valence-corrected chi connectivity index (χ0v) is 15.8. The molecule has 3 N–H and O–H groups in total. The first-order valence-corrected chi connectivity index (χ1v) is 9.30. The lowest BCUT2D eigenvalue weighted by Crippen LogP contribution is -2.60. The van der Waals surface area contributed by atoms with Crippen LogP contribution in [0.5, 0.6) is 5.75 Å². The third-order valence-corrected chi connectivity index (χ3v) is 5.23. The average Bonchev–Trinajstić information content (AvgIpc) is 3.06. The van der Waals surface area contributed by atoms with Crippen LogP contribution in [-0.2, 0) is 4.79 Å². The molecular weight excluding hydrogens is 405 g/mol. The van der Waals surface area contributed by atoms with Crippen LogP contribution in [-0.4, -0.2) is 81.5 Å². The van der Waals surface area contributed by atoms with Gasteiger partial charge in [-0.25, -0.2) is 4.79 Å². The molecule has 4 rings (SSSR count). The van der Waals surface area contributed by atoms with Crippen molar-refractivity contribution in [2.24, 2.45) is 0 Å². The van der Waals surface area contributed by atoms with Crippen LogP contribution in [0, 0.1) is 0 Å². The van der Waals surface area contributed by atoms with Crippen molar-refractivity contribution in [1.29, 1.82) is 0 Å². The summed E-state index contributed by atoms with van der Waals surface area (Å²) in [5.41, 5.74) is 0.637. The number of phenolic OH excluding ortho intramolecular Hbond substituents is 1. The number of aromatic hydroxyl groups is 1. The Morgan fingerprint density at radius 3 is 2.13 bits per heavy atom. The molecule has 2 aliphatic heterocycles. The van der Waals surface area contributed by atoms with Gasteiger partial charge in [-0.15, -0.1) is 0 Å². The Morgan fingerprint density at radius 1 is 1.00 bits per heavy atom. The average molecular weight is 426 g/mol. The van der Waals surface area contributed by atoms with E-state index in [-0.39, 0.29) is 17.8 Å². The highest BCUT2D eigenvalue weighted by molar-refractivity contribution is 6.08. The number of rotatable bonds is 2. The van der Waals surface area contributed by atoms with E-state index in [0.717, 1.165) is 24.9 Å². The molecule has 0 radical (unpaired) electrons. The number of likely N-dealkylation sites (tertiary alicyclic amines) is 2. The van der Waals surface area contributed by atoms with E-state index in [9.17, 15) is 28.2 Å². The Balaban J connectivity index is 0.000000318. The van der Waals surface area contributed by atoms with Gasteiger partial charge >= 0.3 is 12.1 Å². The minimum atomic E-state index is -5.08. The molecule has 2 aliphatic rings. The third kappa shape index (κ3) is 4.65. The Hall–Kier alpha value is -2.85. The molecule has 0 aliphatic carbocycles. The monoisotopic (exact) mass is 426 g/mol. The molecule has 0 aromatic heterocycles. The summed E-state index contributed by atoms with van der Waals surface area (Å²) >= 11 is 0. The number of carboxylic acids is 1. The maximum absolute atomic E-state index is 12.8. The van der Waals surface area contributed by atoms with Gasteiger partial charge in [0.25, 0.3) is 5.91 Å². The number of carbonyl (C=O) groups is 2. The zero-order valence-electron chi connectivity index (χ0n) is 15.8. The Morgan fingerprint density at radius 2 is 1.60 bits per heavy atom. The van der Waals surface area contributed by atoms with Crippen LogP contribution in [0.15, 0.2) is 36.4 Å². The van der Waals surface area contributed by atoms with Gasteiger partial charge in [0.2, 0.25) is 0 Å². The van der Waals surface area contributed by atoms with E-state index >= 15 is 0 Å². The van der Waals surface area contributed by atoms with Crippen molar-refractivity contribution in [1.82, 2.24) is 9.80 Å². The van der Waals surface area contributed by atoms with Gasteiger partial charge in [0.05, 0.1) is 6.10 Å². The molecule has 7 nitrogen and oxygen atoms in total.